The van der Waals surface area contributed by atoms with E-state index < -0.39 is 0 Å². The topological polar surface area (TPSA) is 103 Å². The number of aromatic nitrogens is 6. The quantitative estimate of drug-likeness (QED) is 0.456. The summed E-state index contributed by atoms with van der Waals surface area (Å²) in [5, 5.41) is 14.9. The highest BCUT2D eigenvalue weighted by atomic mass is 16.1. The lowest BCUT2D eigenvalue weighted by Gasteiger charge is -2.07. The normalized spacial score (nSPS) is 11.1. The van der Waals surface area contributed by atoms with Crippen LogP contribution in [0.25, 0.3) is 17.6 Å². The average molecular weight is 429 g/mol. The molecule has 4 aromatic rings. The van der Waals surface area contributed by atoms with Crippen LogP contribution in [-0.4, -0.2) is 42.5 Å². The third kappa shape index (κ3) is 4.27. The number of carbonyl (C=O) groups is 1. The van der Waals surface area contributed by atoms with Crippen molar-refractivity contribution < 1.29 is 4.79 Å². The fourth-order valence-electron chi connectivity index (χ4n) is 3.41. The second-order valence-corrected chi connectivity index (χ2v) is 7.25. The summed E-state index contributed by atoms with van der Waals surface area (Å²) in [6, 6.07) is 13.4. The van der Waals surface area contributed by atoms with Crippen molar-refractivity contribution in [3.8, 4) is 11.5 Å². The molecule has 0 saturated carbocycles. The molecule has 0 aliphatic heterocycles. The fraction of sp³-hybridized carbons (Fsp3) is 0.174. The van der Waals surface area contributed by atoms with Gasteiger partial charge in [-0.05, 0) is 39.0 Å². The molecule has 3 heterocycles. The fourth-order valence-corrected chi connectivity index (χ4v) is 3.41. The predicted octanol–water partition coefficient (Wildman–Crippen LogP) is 3.47. The highest BCUT2D eigenvalue weighted by Crippen LogP contribution is 2.20. The molecule has 0 unspecified atom stereocenters. The number of anilines is 2. The number of nitrogens with one attached hydrogen (secondary N) is 2. The number of para-hydroxylation sites is 1. The molecule has 1 amide bonds. The molecular weight excluding hydrogens is 404 g/mol. The number of aryl methyl sites for hydroxylation is 2. The minimum Gasteiger partial charge on any atom is -0.373 e. The minimum absolute atomic E-state index is 0.277. The molecule has 0 fully saturated rings. The number of benzene rings is 1. The molecule has 0 atom stereocenters. The Balaban J connectivity index is 1.56. The highest BCUT2D eigenvalue weighted by Gasteiger charge is 2.13. The number of amides is 1. The van der Waals surface area contributed by atoms with E-state index in [0.717, 1.165) is 28.3 Å². The van der Waals surface area contributed by atoms with Crippen molar-refractivity contribution in [2.45, 2.75) is 20.8 Å². The van der Waals surface area contributed by atoms with Crippen LogP contribution in [0.3, 0.4) is 0 Å². The lowest BCUT2D eigenvalue weighted by atomic mass is 10.2. The van der Waals surface area contributed by atoms with Gasteiger partial charge in [-0.3, -0.25) is 4.79 Å². The lowest BCUT2D eigenvalue weighted by Crippen LogP contribution is -2.13. The van der Waals surface area contributed by atoms with E-state index in [1.165, 1.54) is 12.4 Å². The van der Waals surface area contributed by atoms with Crippen LogP contribution in [-0.2, 0) is 4.79 Å². The Kier molecular flexibility index (Phi) is 5.80. The second kappa shape index (κ2) is 8.84. The van der Waals surface area contributed by atoms with Gasteiger partial charge >= 0.3 is 0 Å². The molecule has 9 nitrogen and oxygen atoms in total. The Morgan fingerprint density at radius 3 is 2.53 bits per heavy atom. The molecule has 1 aromatic carbocycles. The summed E-state index contributed by atoms with van der Waals surface area (Å²) < 4.78 is 3.45. The Labute approximate surface area is 185 Å². The van der Waals surface area contributed by atoms with E-state index in [4.69, 9.17) is 0 Å². The molecular formula is C23H24N8O. The van der Waals surface area contributed by atoms with Crippen molar-refractivity contribution >= 4 is 23.6 Å². The first-order valence-corrected chi connectivity index (χ1v) is 10.1. The molecule has 0 spiro atoms. The van der Waals surface area contributed by atoms with Crippen LogP contribution in [0.4, 0.5) is 11.6 Å². The van der Waals surface area contributed by atoms with Gasteiger partial charge in [-0.1, -0.05) is 18.2 Å². The zero-order valence-corrected chi connectivity index (χ0v) is 18.4. The van der Waals surface area contributed by atoms with Gasteiger partial charge in [-0.2, -0.15) is 14.9 Å². The predicted molar refractivity (Wildman–Crippen MR) is 124 cm³/mol. The Bertz CT molecular complexity index is 1290. The summed E-state index contributed by atoms with van der Waals surface area (Å²) in [6.45, 7) is 5.77. The first kappa shape index (κ1) is 21.0. The third-order valence-electron chi connectivity index (χ3n) is 4.96. The Morgan fingerprint density at radius 2 is 1.78 bits per heavy atom. The van der Waals surface area contributed by atoms with Crippen molar-refractivity contribution in [2.75, 3.05) is 17.7 Å². The van der Waals surface area contributed by atoms with Gasteiger partial charge in [-0.25, -0.2) is 14.6 Å². The molecule has 2 N–H and O–H groups in total. The summed E-state index contributed by atoms with van der Waals surface area (Å²) in [7, 11) is 1.78. The van der Waals surface area contributed by atoms with Gasteiger partial charge in [0.1, 0.15) is 18.0 Å². The minimum atomic E-state index is -0.277. The van der Waals surface area contributed by atoms with E-state index in [0.29, 0.717) is 17.5 Å². The molecule has 0 aliphatic carbocycles. The highest BCUT2D eigenvalue weighted by molar-refractivity contribution is 6.01. The van der Waals surface area contributed by atoms with Crippen LogP contribution < -0.4 is 10.6 Å². The van der Waals surface area contributed by atoms with Crippen LogP contribution in [0.15, 0.2) is 54.9 Å². The molecule has 9 heteroatoms. The van der Waals surface area contributed by atoms with Crippen molar-refractivity contribution in [3.05, 3.63) is 77.5 Å². The third-order valence-corrected chi connectivity index (χ3v) is 4.96. The maximum absolute atomic E-state index is 12.7. The number of hydrogen-bond donors (Lipinski definition) is 2. The monoisotopic (exact) mass is 428 g/mol. The maximum atomic E-state index is 12.7. The second-order valence-electron chi connectivity index (χ2n) is 7.25. The molecule has 0 saturated heterocycles. The van der Waals surface area contributed by atoms with E-state index in [9.17, 15) is 4.79 Å². The van der Waals surface area contributed by atoms with E-state index in [1.54, 1.807) is 29.9 Å². The maximum Gasteiger partial charge on any atom is 0.249 e. The summed E-state index contributed by atoms with van der Waals surface area (Å²) in [6.07, 6.45) is 4.72. The van der Waals surface area contributed by atoms with E-state index in [2.05, 4.69) is 30.8 Å². The largest absolute Gasteiger partial charge is 0.373 e. The van der Waals surface area contributed by atoms with Gasteiger partial charge in [0.2, 0.25) is 5.91 Å². The van der Waals surface area contributed by atoms with E-state index in [1.807, 2.05) is 55.8 Å². The molecule has 0 bridgehead atoms. The Morgan fingerprint density at radius 1 is 1.00 bits per heavy atom. The first-order valence-electron chi connectivity index (χ1n) is 10.1. The molecule has 162 valence electrons. The smallest absolute Gasteiger partial charge is 0.249 e. The zero-order valence-electron chi connectivity index (χ0n) is 18.4. The average Bonchev–Trinajstić information content (AvgIpc) is 3.31. The van der Waals surface area contributed by atoms with Gasteiger partial charge < -0.3 is 10.6 Å². The summed E-state index contributed by atoms with van der Waals surface area (Å²) >= 11 is 0. The zero-order chi connectivity index (χ0) is 22.7. The molecule has 0 aliphatic rings. The molecule has 32 heavy (non-hydrogen) atoms. The van der Waals surface area contributed by atoms with E-state index in [-0.39, 0.29) is 5.91 Å². The van der Waals surface area contributed by atoms with Crippen molar-refractivity contribution in [1.29, 1.82) is 0 Å². The Hall–Kier alpha value is -4.27. The van der Waals surface area contributed by atoms with Crippen LogP contribution >= 0.6 is 0 Å². The van der Waals surface area contributed by atoms with Crippen molar-refractivity contribution in [2.24, 2.45) is 0 Å². The number of hydrogen-bond acceptors (Lipinski definition) is 6. The van der Waals surface area contributed by atoms with Crippen LogP contribution in [0.2, 0.25) is 0 Å². The van der Waals surface area contributed by atoms with Crippen LogP contribution in [0.5, 0.6) is 0 Å². The van der Waals surface area contributed by atoms with Crippen LogP contribution in [0.1, 0.15) is 22.6 Å². The SMILES string of the molecule is CNc1cc(-n2nc(C)cc2NC(=O)/C=C/c2c(C)nn(-c3ccccc3)c2C)ncn1. The standard InChI is InChI=1S/C23H24N8O/c1-15-12-22(31(28-15)21-13-20(24-4)25-14-26-21)27-23(32)11-10-19-16(2)29-30(17(19)3)18-8-6-5-7-9-18/h5-14H,1-4H3,(H,27,32)(H,24,25,26)/b11-10+. The molecule has 3 aromatic heterocycles. The number of nitrogens with zero attached hydrogens (tertiary/aromatic N) is 6. The van der Waals surface area contributed by atoms with Gasteiger partial charge in [0.05, 0.1) is 17.1 Å². The first-order chi connectivity index (χ1) is 15.5. The van der Waals surface area contributed by atoms with Gasteiger partial charge in [0, 0.05) is 36.5 Å². The van der Waals surface area contributed by atoms with Gasteiger partial charge in [0.15, 0.2) is 5.82 Å². The van der Waals surface area contributed by atoms with Crippen molar-refractivity contribution in [3.63, 3.8) is 0 Å². The number of rotatable bonds is 6. The van der Waals surface area contributed by atoms with Gasteiger partial charge in [0.25, 0.3) is 0 Å². The van der Waals surface area contributed by atoms with Crippen molar-refractivity contribution in [1.82, 2.24) is 29.5 Å². The van der Waals surface area contributed by atoms with Gasteiger partial charge in [-0.15, -0.1) is 0 Å². The molecule has 4 rings (SSSR count). The summed E-state index contributed by atoms with van der Waals surface area (Å²) in [4.78, 5) is 21.1. The lowest BCUT2D eigenvalue weighted by molar-refractivity contribution is -0.111. The van der Waals surface area contributed by atoms with E-state index >= 15 is 0 Å². The molecule has 0 radical (unpaired) electrons. The van der Waals surface area contributed by atoms with Crippen LogP contribution in [0, 0.1) is 20.8 Å². The summed E-state index contributed by atoms with van der Waals surface area (Å²) in [5.74, 6) is 1.45. The summed E-state index contributed by atoms with van der Waals surface area (Å²) in [5.41, 5.74) is 4.44. The number of carbonyl (C=O) groups excluding carboxylic acids is 1.